The van der Waals surface area contributed by atoms with Crippen molar-refractivity contribution in [2.75, 3.05) is 25.0 Å². The van der Waals surface area contributed by atoms with Crippen LogP contribution in [0.4, 0.5) is 5.69 Å². The van der Waals surface area contributed by atoms with Crippen molar-refractivity contribution in [1.29, 1.82) is 0 Å². The number of benzene rings is 1. The molecule has 1 aromatic carbocycles. The Balaban J connectivity index is 1.33. The number of hydrogen-bond acceptors (Lipinski definition) is 4. The average molecular weight is 463 g/mol. The van der Waals surface area contributed by atoms with Crippen LogP contribution in [0.5, 0.6) is 0 Å². The number of anilines is 1. The van der Waals surface area contributed by atoms with Gasteiger partial charge in [0.2, 0.25) is 10.0 Å². The highest BCUT2D eigenvalue weighted by Crippen LogP contribution is 2.57. The molecule has 6 nitrogen and oxygen atoms in total. The Bertz CT molecular complexity index is 1060. The molecule has 2 heterocycles. The summed E-state index contributed by atoms with van der Waals surface area (Å²) in [5.74, 6) is 0.585. The number of hydrogen-bond donors (Lipinski definition) is 1. The van der Waals surface area contributed by atoms with E-state index in [1.807, 2.05) is 24.0 Å². The molecule has 168 valence electrons. The average Bonchev–Trinajstić information content (AvgIpc) is 3.14. The molecule has 0 amide bonds. The van der Waals surface area contributed by atoms with E-state index in [-0.39, 0.29) is 10.9 Å². The van der Waals surface area contributed by atoms with E-state index in [0.717, 1.165) is 18.5 Å². The summed E-state index contributed by atoms with van der Waals surface area (Å²) in [5.41, 5.74) is 2.23. The summed E-state index contributed by atoms with van der Waals surface area (Å²) >= 11 is 6.50. The SMILES string of the molecule is Cc1cnn(C2CCN(S(=O)(=O)c3cccc(Cl)c3NCC3CCCC4(CC4)C3)C2)c1. The zero-order valence-corrected chi connectivity index (χ0v) is 19.6. The van der Waals surface area contributed by atoms with Crippen LogP contribution in [0.2, 0.25) is 5.02 Å². The quantitative estimate of drug-likeness (QED) is 0.665. The molecule has 2 unspecified atom stereocenters. The van der Waals surface area contributed by atoms with Crippen LogP contribution in [0.3, 0.4) is 0 Å². The molecule has 2 atom stereocenters. The third-order valence-corrected chi connectivity index (χ3v) is 9.61. The van der Waals surface area contributed by atoms with E-state index >= 15 is 0 Å². The Morgan fingerprint density at radius 1 is 1.26 bits per heavy atom. The van der Waals surface area contributed by atoms with E-state index in [4.69, 9.17) is 11.6 Å². The Hall–Kier alpha value is -1.57. The van der Waals surface area contributed by atoms with Crippen molar-refractivity contribution in [2.45, 2.75) is 62.8 Å². The van der Waals surface area contributed by atoms with Crippen LogP contribution in [0, 0.1) is 18.3 Å². The summed E-state index contributed by atoms with van der Waals surface area (Å²) < 4.78 is 30.6. The van der Waals surface area contributed by atoms with Gasteiger partial charge in [-0.3, -0.25) is 4.68 Å². The zero-order chi connectivity index (χ0) is 21.6. The minimum atomic E-state index is -3.64. The first-order valence-electron chi connectivity index (χ1n) is 11.4. The fourth-order valence-electron chi connectivity index (χ4n) is 5.44. The monoisotopic (exact) mass is 462 g/mol. The van der Waals surface area contributed by atoms with E-state index in [1.165, 1.54) is 38.5 Å². The van der Waals surface area contributed by atoms with Crippen molar-refractivity contribution in [3.63, 3.8) is 0 Å². The first kappa shape index (κ1) is 21.3. The molecule has 1 aliphatic heterocycles. The summed E-state index contributed by atoms with van der Waals surface area (Å²) in [4.78, 5) is 0.286. The maximum Gasteiger partial charge on any atom is 0.245 e. The molecule has 1 spiro atoms. The van der Waals surface area contributed by atoms with Crippen LogP contribution in [-0.2, 0) is 10.0 Å². The number of nitrogens with zero attached hydrogens (tertiary/aromatic N) is 3. The number of para-hydroxylation sites is 1. The molecule has 3 aliphatic rings. The lowest BCUT2D eigenvalue weighted by Gasteiger charge is -2.30. The van der Waals surface area contributed by atoms with Crippen molar-refractivity contribution in [3.05, 3.63) is 41.2 Å². The lowest BCUT2D eigenvalue weighted by atomic mass is 9.79. The molecule has 5 rings (SSSR count). The summed E-state index contributed by atoms with van der Waals surface area (Å²) in [6.07, 6.45) is 12.4. The minimum absolute atomic E-state index is 0.0658. The lowest BCUT2D eigenvalue weighted by molar-refractivity contribution is 0.257. The number of nitrogens with one attached hydrogen (secondary N) is 1. The number of aromatic nitrogens is 2. The minimum Gasteiger partial charge on any atom is -0.382 e. The van der Waals surface area contributed by atoms with Gasteiger partial charge in [0.25, 0.3) is 0 Å². The number of halogens is 1. The van der Waals surface area contributed by atoms with Gasteiger partial charge >= 0.3 is 0 Å². The molecule has 1 N–H and O–H groups in total. The Morgan fingerprint density at radius 3 is 2.84 bits per heavy atom. The summed E-state index contributed by atoms with van der Waals surface area (Å²) in [7, 11) is -3.64. The van der Waals surface area contributed by atoms with Crippen LogP contribution in [0.1, 0.15) is 56.6 Å². The highest BCUT2D eigenvalue weighted by Gasteiger charge is 2.45. The van der Waals surface area contributed by atoms with Crippen molar-refractivity contribution >= 4 is 27.3 Å². The van der Waals surface area contributed by atoms with Crippen LogP contribution in [0.15, 0.2) is 35.5 Å². The molecule has 31 heavy (non-hydrogen) atoms. The van der Waals surface area contributed by atoms with Crippen molar-refractivity contribution < 1.29 is 8.42 Å². The third-order valence-electron chi connectivity index (χ3n) is 7.39. The predicted molar refractivity (Wildman–Crippen MR) is 123 cm³/mol. The molecule has 1 saturated heterocycles. The molecular formula is C23H31ClN4O2S. The van der Waals surface area contributed by atoms with Crippen LogP contribution >= 0.6 is 11.6 Å². The van der Waals surface area contributed by atoms with Crippen molar-refractivity contribution in [2.24, 2.45) is 11.3 Å². The number of rotatable bonds is 6. The number of sulfonamides is 1. The van der Waals surface area contributed by atoms with E-state index in [9.17, 15) is 8.42 Å². The smallest absolute Gasteiger partial charge is 0.245 e. The van der Waals surface area contributed by atoms with Crippen molar-refractivity contribution in [1.82, 2.24) is 14.1 Å². The summed E-state index contributed by atoms with van der Waals surface area (Å²) in [5, 5.41) is 8.28. The standard InChI is InChI=1S/C23H31ClN4O2S/c1-17-13-26-28(15-17)19-7-11-27(16-19)31(29,30)21-6-2-5-20(24)22(21)25-14-18-4-3-8-23(12-18)9-10-23/h2,5-6,13,15,18-19,25H,3-4,7-12,14,16H2,1H3. The first-order valence-corrected chi connectivity index (χ1v) is 13.2. The first-order chi connectivity index (χ1) is 14.9. The van der Waals surface area contributed by atoms with Crippen molar-refractivity contribution in [3.8, 4) is 0 Å². The second-order valence-electron chi connectivity index (χ2n) is 9.76. The fraction of sp³-hybridized carbons (Fsp3) is 0.609. The topological polar surface area (TPSA) is 67.2 Å². The summed E-state index contributed by atoms with van der Waals surface area (Å²) in [6.45, 7) is 3.70. The van der Waals surface area contributed by atoms with Gasteiger partial charge in [-0.25, -0.2) is 8.42 Å². The molecule has 2 aromatic rings. The van der Waals surface area contributed by atoms with Crippen LogP contribution in [-0.4, -0.2) is 42.1 Å². The maximum atomic E-state index is 13.6. The molecule has 2 aliphatic carbocycles. The van der Waals surface area contributed by atoms with Gasteiger partial charge < -0.3 is 5.32 Å². The Morgan fingerprint density at radius 2 is 2.10 bits per heavy atom. The largest absolute Gasteiger partial charge is 0.382 e. The fourth-order valence-corrected chi connectivity index (χ4v) is 7.42. The lowest BCUT2D eigenvalue weighted by Crippen LogP contribution is -2.30. The van der Waals surface area contributed by atoms with Crippen LogP contribution in [0.25, 0.3) is 0 Å². The van der Waals surface area contributed by atoms with Gasteiger partial charge in [0, 0.05) is 25.8 Å². The second kappa shape index (κ2) is 8.09. The summed E-state index contributed by atoms with van der Waals surface area (Å²) in [6, 6.07) is 5.24. The highest BCUT2D eigenvalue weighted by atomic mass is 35.5. The molecular weight excluding hydrogens is 432 g/mol. The van der Waals surface area contributed by atoms with Gasteiger partial charge in [-0.1, -0.05) is 24.1 Å². The Kier molecular flexibility index (Phi) is 5.55. The molecule has 2 saturated carbocycles. The van der Waals surface area contributed by atoms with Gasteiger partial charge in [0.05, 0.1) is 22.9 Å². The molecule has 8 heteroatoms. The molecule has 1 aromatic heterocycles. The van der Waals surface area contributed by atoms with E-state index in [2.05, 4.69) is 10.4 Å². The van der Waals surface area contributed by atoms with Gasteiger partial charge in [-0.15, -0.1) is 0 Å². The highest BCUT2D eigenvalue weighted by molar-refractivity contribution is 7.89. The van der Waals surface area contributed by atoms with Gasteiger partial charge in [0.15, 0.2) is 0 Å². The van der Waals surface area contributed by atoms with Gasteiger partial charge in [-0.2, -0.15) is 9.40 Å². The molecule has 3 fully saturated rings. The Labute approximate surface area is 190 Å². The van der Waals surface area contributed by atoms with E-state index in [1.54, 1.807) is 22.5 Å². The molecule has 0 bridgehead atoms. The predicted octanol–water partition coefficient (Wildman–Crippen LogP) is 4.86. The van der Waals surface area contributed by atoms with E-state index < -0.39 is 10.0 Å². The number of aryl methyl sites for hydroxylation is 1. The second-order valence-corrected chi connectivity index (χ2v) is 12.1. The van der Waals surface area contributed by atoms with Gasteiger partial charge in [-0.05, 0) is 74.5 Å². The maximum absolute atomic E-state index is 13.6. The molecule has 0 radical (unpaired) electrons. The van der Waals surface area contributed by atoms with Gasteiger partial charge in [0.1, 0.15) is 4.90 Å². The van der Waals surface area contributed by atoms with Crippen LogP contribution < -0.4 is 5.32 Å². The van der Waals surface area contributed by atoms with E-state index in [0.29, 0.717) is 35.1 Å². The third kappa shape index (κ3) is 4.24. The zero-order valence-electron chi connectivity index (χ0n) is 18.1. The normalized spacial score (nSPS) is 25.7.